The van der Waals surface area contributed by atoms with Crippen molar-refractivity contribution in [1.29, 1.82) is 0 Å². The lowest BCUT2D eigenvalue weighted by molar-refractivity contribution is 0.627. The van der Waals surface area contributed by atoms with E-state index < -0.39 is 0 Å². The quantitative estimate of drug-likeness (QED) is 0.869. The van der Waals surface area contributed by atoms with Gasteiger partial charge in [-0.2, -0.15) is 0 Å². The van der Waals surface area contributed by atoms with Gasteiger partial charge < -0.3 is 11.1 Å². The van der Waals surface area contributed by atoms with Crippen LogP contribution in [0.25, 0.3) is 0 Å². The third kappa shape index (κ3) is 2.77. The summed E-state index contributed by atoms with van der Waals surface area (Å²) >= 11 is 0. The Morgan fingerprint density at radius 3 is 2.65 bits per heavy atom. The smallest absolute Gasteiger partial charge is 0.135 e. The number of hydrogen-bond donors (Lipinski definition) is 2. The number of rotatable bonds is 2. The molecule has 1 aliphatic rings. The molecule has 0 saturated carbocycles. The monoisotopic (exact) mass is 272 g/mol. The number of benzene rings is 1. The molecule has 3 rings (SSSR count). The fourth-order valence-corrected chi connectivity index (χ4v) is 2.49. The molecular formula is C15H17FN4. The van der Waals surface area contributed by atoms with E-state index >= 15 is 0 Å². The summed E-state index contributed by atoms with van der Waals surface area (Å²) in [7, 11) is 0. The molecule has 0 atom stereocenters. The summed E-state index contributed by atoms with van der Waals surface area (Å²) in [6.07, 6.45) is 2.32. The summed E-state index contributed by atoms with van der Waals surface area (Å²) in [5.74, 6) is 1.05. The van der Waals surface area contributed by atoms with Gasteiger partial charge in [0, 0.05) is 24.9 Å². The fraction of sp³-hybridized carbons (Fsp3) is 0.333. The highest BCUT2D eigenvalue weighted by Gasteiger charge is 2.14. The topological polar surface area (TPSA) is 63.8 Å². The first-order valence-corrected chi connectivity index (χ1v) is 6.81. The SMILES string of the molecule is Nc1nc(Cc2ccc(F)cc2)nc2c1CCNCC2. The van der Waals surface area contributed by atoms with Crippen molar-refractivity contribution < 1.29 is 4.39 Å². The van der Waals surface area contributed by atoms with E-state index in [1.54, 1.807) is 12.1 Å². The zero-order valence-electron chi connectivity index (χ0n) is 11.2. The molecule has 1 aromatic heterocycles. The van der Waals surface area contributed by atoms with Crippen LogP contribution in [0, 0.1) is 5.82 Å². The molecule has 5 heteroatoms. The number of aromatic nitrogens is 2. The summed E-state index contributed by atoms with van der Waals surface area (Å²) in [4.78, 5) is 9.02. The van der Waals surface area contributed by atoms with Crippen LogP contribution in [0.2, 0.25) is 0 Å². The Balaban J connectivity index is 1.89. The Kier molecular flexibility index (Phi) is 3.60. The molecule has 2 aromatic rings. The maximum absolute atomic E-state index is 12.9. The van der Waals surface area contributed by atoms with E-state index in [-0.39, 0.29) is 5.82 Å². The van der Waals surface area contributed by atoms with Gasteiger partial charge in [-0.15, -0.1) is 0 Å². The van der Waals surface area contributed by atoms with E-state index in [1.807, 2.05) is 0 Å². The van der Waals surface area contributed by atoms with Crippen molar-refractivity contribution in [2.24, 2.45) is 0 Å². The maximum Gasteiger partial charge on any atom is 0.135 e. The third-order valence-electron chi connectivity index (χ3n) is 3.54. The minimum Gasteiger partial charge on any atom is -0.383 e. The standard InChI is InChI=1S/C15H17FN4/c16-11-3-1-10(2-4-11)9-14-19-13-6-8-18-7-5-12(13)15(17)20-14/h1-4,18H,5-9H2,(H2,17,19,20). The number of nitrogens with zero attached hydrogens (tertiary/aromatic N) is 2. The maximum atomic E-state index is 12.9. The molecule has 104 valence electrons. The van der Waals surface area contributed by atoms with Crippen LogP contribution in [0.3, 0.4) is 0 Å². The van der Waals surface area contributed by atoms with Gasteiger partial charge in [-0.25, -0.2) is 14.4 Å². The molecule has 1 aromatic carbocycles. The predicted molar refractivity (Wildman–Crippen MR) is 75.9 cm³/mol. The number of fused-ring (bicyclic) bond motifs is 1. The minimum absolute atomic E-state index is 0.234. The van der Waals surface area contributed by atoms with Gasteiger partial charge in [0.1, 0.15) is 17.5 Å². The van der Waals surface area contributed by atoms with Gasteiger partial charge >= 0.3 is 0 Å². The molecule has 1 aliphatic heterocycles. The second kappa shape index (κ2) is 5.54. The number of anilines is 1. The highest BCUT2D eigenvalue weighted by atomic mass is 19.1. The van der Waals surface area contributed by atoms with E-state index in [0.29, 0.717) is 18.1 Å². The Morgan fingerprint density at radius 2 is 1.85 bits per heavy atom. The zero-order valence-corrected chi connectivity index (χ0v) is 11.2. The number of hydrogen-bond acceptors (Lipinski definition) is 4. The van der Waals surface area contributed by atoms with Crippen LogP contribution in [-0.4, -0.2) is 23.1 Å². The number of nitrogens with two attached hydrogens (primary N) is 1. The lowest BCUT2D eigenvalue weighted by Gasteiger charge is -2.10. The Morgan fingerprint density at radius 1 is 1.10 bits per heavy atom. The summed E-state index contributed by atoms with van der Waals surface area (Å²) in [6, 6.07) is 6.41. The largest absolute Gasteiger partial charge is 0.383 e. The van der Waals surface area contributed by atoms with Crippen molar-refractivity contribution >= 4 is 5.82 Å². The average Bonchev–Trinajstić information content (AvgIpc) is 2.67. The molecule has 2 heterocycles. The van der Waals surface area contributed by atoms with Gasteiger partial charge in [0.25, 0.3) is 0 Å². The molecule has 0 bridgehead atoms. The molecule has 0 saturated heterocycles. The Hall–Kier alpha value is -2.01. The molecule has 0 fully saturated rings. The highest BCUT2D eigenvalue weighted by molar-refractivity contribution is 5.43. The lowest BCUT2D eigenvalue weighted by Crippen LogP contribution is -2.16. The Bertz CT molecular complexity index is 610. The normalized spacial score (nSPS) is 14.7. The van der Waals surface area contributed by atoms with Crippen LogP contribution in [0.5, 0.6) is 0 Å². The van der Waals surface area contributed by atoms with Crippen LogP contribution in [-0.2, 0) is 19.3 Å². The van der Waals surface area contributed by atoms with Crippen LogP contribution in [0.4, 0.5) is 10.2 Å². The minimum atomic E-state index is -0.234. The van der Waals surface area contributed by atoms with Gasteiger partial charge in [0.15, 0.2) is 0 Å². The molecule has 3 N–H and O–H groups in total. The molecule has 0 unspecified atom stereocenters. The first-order chi connectivity index (χ1) is 9.72. The van der Waals surface area contributed by atoms with Crippen LogP contribution in [0.1, 0.15) is 22.6 Å². The van der Waals surface area contributed by atoms with Crippen molar-refractivity contribution in [3.63, 3.8) is 0 Å². The van der Waals surface area contributed by atoms with E-state index in [2.05, 4.69) is 15.3 Å². The van der Waals surface area contributed by atoms with Crippen molar-refractivity contribution in [1.82, 2.24) is 15.3 Å². The molecular weight excluding hydrogens is 255 g/mol. The Labute approximate surface area is 117 Å². The third-order valence-corrected chi connectivity index (χ3v) is 3.54. The number of halogens is 1. The van der Waals surface area contributed by atoms with Crippen molar-refractivity contribution in [2.45, 2.75) is 19.3 Å². The summed E-state index contributed by atoms with van der Waals surface area (Å²) in [5.41, 5.74) is 9.14. The van der Waals surface area contributed by atoms with Gasteiger partial charge in [-0.3, -0.25) is 0 Å². The van der Waals surface area contributed by atoms with E-state index in [4.69, 9.17) is 5.73 Å². The fourth-order valence-electron chi connectivity index (χ4n) is 2.49. The first kappa shape index (κ1) is 13.0. The molecule has 0 spiro atoms. The van der Waals surface area contributed by atoms with E-state index in [9.17, 15) is 4.39 Å². The summed E-state index contributed by atoms with van der Waals surface area (Å²) in [5, 5.41) is 3.33. The average molecular weight is 272 g/mol. The predicted octanol–water partition coefficient (Wildman–Crippen LogP) is 1.48. The second-order valence-electron chi connectivity index (χ2n) is 5.00. The second-order valence-corrected chi connectivity index (χ2v) is 5.00. The summed E-state index contributed by atoms with van der Waals surface area (Å²) in [6.45, 7) is 1.83. The number of nitrogen functional groups attached to an aromatic ring is 1. The molecule has 20 heavy (non-hydrogen) atoms. The number of nitrogens with one attached hydrogen (secondary N) is 1. The van der Waals surface area contributed by atoms with Crippen LogP contribution < -0.4 is 11.1 Å². The lowest BCUT2D eigenvalue weighted by atomic mass is 10.1. The van der Waals surface area contributed by atoms with Gasteiger partial charge in [0.05, 0.1) is 5.69 Å². The zero-order chi connectivity index (χ0) is 13.9. The molecule has 4 nitrogen and oxygen atoms in total. The summed E-state index contributed by atoms with van der Waals surface area (Å²) < 4.78 is 12.9. The molecule has 0 radical (unpaired) electrons. The van der Waals surface area contributed by atoms with Crippen molar-refractivity contribution in [2.75, 3.05) is 18.8 Å². The van der Waals surface area contributed by atoms with E-state index in [1.165, 1.54) is 12.1 Å². The van der Waals surface area contributed by atoms with Crippen molar-refractivity contribution in [3.8, 4) is 0 Å². The van der Waals surface area contributed by atoms with Gasteiger partial charge in [-0.1, -0.05) is 12.1 Å². The van der Waals surface area contributed by atoms with Crippen LogP contribution >= 0.6 is 0 Å². The highest BCUT2D eigenvalue weighted by Crippen LogP contribution is 2.18. The van der Waals surface area contributed by atoms with Crippen molar-refractivity contribution in [3.05, 3.63) is 52.7 Å². The van der Waals surface area contributed by atoms with E-state index in [0.717, 1.165) is 42.8 Å². The molecule has 0 aliphatic carbocycles. The van der Waals surface area contributed by atoms with Crippen LogP contribution in [0.15, 0.2) is 24.3 Å². The van der Waals surface area contributed by atoms with Gasteiger partial charge in [-0.05, 0) is 30.7 Å². The first-order valence-electron chi connectivity index (χ1n) is 6.81. The molecule has 0 amide bonds. The van der Waals surface area contributed by atoms with Gasteiger partial charge in [0.2, 0.25) is 0 Å².